The van der Waals surface area contributed by atoms with Crippen molar-refractivity contribution in [2.75, 3.05) is 20.8 Å². The molecule has 3 rings (SSSR count). The molecule has 0 spiro atoms. The van der Waals surface area contributed by atoms with Crippen LogP contribution in [0.3, 0.4) is 0 Å². The summed E-state index contributed by atoms with van der Waals surface area (Å²) in [6, 6.07) is 14.4. The minimum absolute atomic E-state index is 0.00809. The monoisotopic (exact) mass is 409 g/mol. The molecule has 1 aromatic heterocycles. The number of carbonyl (C=O) groups excluding carboxylic acids is 2. The Balaban J connectivity index is 1.48. The van der Waals surface area contributed by atoms with Gasteiger partial charge in [0.15, 0.2) is 6.61 Å². The lowest BCUT2D eigenvalue weighted by Crippen LogP contribution is -2.30. The summed E-state index contributed by atoms with van der Waals surface area (Å²) in [5, 5.41) is 0.494. The largest absolute Gasteiger partial charge is 0.497 e. The van der Waals surface area contributed by atoms with Crippen LogP contribution in [0.25, 0.3) is 10.9 Å². The van der Waals surface area contributed by atoms with Crippen LogP contribution in [0.5, 0.6) is 5.75 Å². The minimum atomic E-state index is -0.533. The number of amides is 1. The molecule has 0 aliphatic rings. The van der Waals surface area contributed by atoms with Crippen LogP contribution in [0, 0.1) is 0 Å². The van der Waals surface area contributed by atoms with Crippen molar-refractivity contribution < 1.29 is 19.1 Å². The van der Waals surface area contributed by atoms with Gasteiger partial charge in [0.2, 0.25) is 0 Å². The zero-order valence-corrected chi connectivity index (χ0v) is 16.9. The van der Waals surface area contributed by atoms with Gasteiger partial charge in [-0.25, -0.2) is 4.98 Å². The van der Waals surface area contributed by atoms with Gasteiger partial charge in [-0.1, -0.05) is 24.3 Å². The Bertz CT molecular complexity index is 1110. The molecule has 8 nitrogen and oxygen atoms in total. The van der Waals surface area contributed by atoms with Crippen LogP contribution in [0.2, 0.25) is 0 Å². The van der Waals surface area contributed by atoms with Gasteiger partial charge in [-0.2, -0.15) is 0 Å². The normalized spacial score (nSPS) is 10.6. The number of nitrogens with one attached hydrogen (secondary N) is 1. The summed E-state index contributed by atoms with van der Waals surface area (Å²) in [5.74, 6) is 0.259. The highest BCUT2D eigenvalue weighted by molar-refractivity contribution is 5.80. The van der Waals surface area contributed by atoms with E-state index in [1.54, 1.807) is 38.4 Å². The molecule has 0 atom stereocenters. The van der Waals surface area contributed by atoms with Crippen molar-refractivity contribution in [3.8, 4) is 5.75 Å². The molecule has 1 N–H and O–H groups in total. The first kappa shape index (κ1) is 21.0. The van der Waals surface area contributed by atoms with Crippen molar-refractivity contribution in [2.24, 2.45) is 0 Å². The number of esters is 1. The number of ether oxygens (including phenoxy) is 2. The van der Waals surface area contributed by atoms with E-state index < -0.39 is 5.97 Å². The number of aromatic nitrogens is 2. The lowest BCUT2D eigenvalue weighted by molar-refractivity contribution is -0.151. The number of hydrogen-bond acceptors (Lipinski definition) is 6. The Morgan fingerprint density at radius 1 is 1.13 bits per heavy atom. The smallest absolute Gasteiger partial charge is 0.306 e. The quantitative estimate of drug-likeness (QED) is 0.572. The lowest BCUT2D eigenvalue weighted by atomic mass is 10.2. The summed E-state index contributed by atoms with van der Waals surface area (Å²) in [6.45, 7) is 0.0246. The molecule has 156 valence electrons. The molecule has 8 heteroatoms. The van der Waals surface area contributed by atoms with Crippen LogP contribution < -0.4 is 10.3 Å². The Labute approximate surface area is 173 Å². The zero-order valence-electron chi connectivity index (χ0n) is 16.9. The number of para-hydroxylation sites is 1. The number of carbonyl (C=O) groups is 2. The van der Waals surface area contributed by atoms with Crippen LogP contribution in [0.15, 0.2) is 53.3 Å². The van der Waals surface area contributed by atoms with Gasteiger partial charge in [-0.05, 0) is 29.8 Å². The summed E-state index contributed by atoms with van der Waals surface area (Å²) < 4.78 is 10.2. The van der Waals surface area contributed by atoms with Crippen molar-refractivity contribution in [3.63, 3.8) is 0 Å². The van der Waals surface area contributed by atoms with Crippen LogP contribution in [0.1, 0.15) is 17.8 Å². The molecule has 0 fully saturated rings. The molecule has 1 heterocycles. The lowest BCUT2D eigenvalue weighted by Gasteiger charge is -2.17. The summed E-state index contributed by atoms with van der Waals surface area (Å²) in [5.41, 5.74) is 1.22. The fourth-order valence-electron chi connectivity index (χ4n) is 2.93. The standard InChI is InChI=1S/C22H23N3O5/c1-25(13-15-6-5-7-16(12-15)29-2)20(26)14-30-21(27)11-10-19-23-18-9-4-3-8-17(18)22(28)24-19/h3-9,12H,10-11,13-14H2,1-2H3,(H,23,24,28). The molecule has 0 bridgehead atoms. The number of aryl methyl sites for hydroxylation is 1. The molecule has 2 aromatic carbocycles. The Hall–Kier alpha value is -3.68. The van der Waals surface area contributed by atoms with Crippen molar-refractivity contribution in [3.05, 3.63) is 70.3 Å². The second kappa shape index (κ2) is 9.69. The number of aromatic amines is 1. The second-order valence-corrected chi connectivity index (χ2v) is 6.79. The number of rotatable bonds is 8. The van der Waals surface area contributed by atoms with Gasteiger partial charge < -0.3 is 19.4 Å². The molecular formula is C22H23N3O5. The molecule has 0 unspecified atom stereocenters. The first-order chi connectivity index (χ1) is 14.5. The summed E-state index contributed by atoms with van der Waals surface area (Å²) in [7, 11) is 3.22. The average molecular weight is 409 g/mol. The van der Waals surface area contributed by atoms with Crippen LogP contribution in [-0.2, 0) is 27.3 Å². The van der Waals surface area contributed by atoms with Crippen LogP contribution in [0.4, 0.5) is 0 Å². The van der Waals surface area contributed by atoms with E-state index in [4.69, 9.17) is 9.47 Å². The van der Waals surface area contributed by atoms with E-state index in [1.165, 1.54) is 4.90 Å². The third kappa shape index (κ3) is 5.44. The summed E-state index contributed by atoms with van der Waals surface area (Å²) >= 11 is 0. The Kier molecular flexibility index (Phi) is 6.79. The Morgan fingerprint density at radius 2 is 1.93 bits per heavy atom. The number of nitrogens with zero attached hydrogens (tertiary/aromatic N) is 2. The van der Waals surface area contributed by atoms with Crippen molar-refractivity contribution in [1.82, 2.24) is 14.9 Å². The summed E-state index contributed by atoms with van der Waals surface area (Å²) in [6.07, 6.45) is 0.223. The maximum Gasteiger partial charge on any atom is 0.306 e. The predicted molar refractivity (Wildman–Crippen MR) is 111 cm³/mol. The van der Waals surface area contributed by atoms with Gasteiger partial charge in [0.25, 0.3) is 11.5 Å². The second-order valence-electron chi connectivity index (χ2n) is 6.79. The zero-order chi connectivity index (χ0) is 21.5. The molecular weight excluding hydrogens is 386 g/mol. The van der Waals surface area contributed by atoms with E-state index in [0.29, 0.717) is 29.0 Å². The molecule has 0 saturated carbocycles. The topological polar surface area (TPSA) is 102 Å². The predicted octanol–water partition coefficient (Wildman–Crippen LogP) is 2.07. The Morgan fingerprint density at radius 3 is 2.73 bits per heavy atom. The van der Waals surface area contributed by atoms with E-state index in [2.05, 4.69) is 9.97 Å². The maximum atomic E-state index is 12.2. The average Bonchev–Trinajstić information content (AvgIpc) is 2.76. The molecule has 30 heavy (non-hydrogen) atoms. The van der Waals surface area contributed by atoms with Gasteiger partial charge >= 0.3 is 5.97 Å². The van der Waals surface area contributed by atoms with E-state index in [9.17, 15) is 14.4 Å². The van der Waals surface area contributed by atoms with Crippen molar-refractivity contribution in [1.29, 1.82) is 0 Å². The summed E-state index contributed by atoms with van der Waals surface area (Å²) in [4.78, 5) is 44.8. The van der Waals surface area contributed by atoms with E-state index in [1.807, 2.05) is 24.3 Å². The fraction of sp³-hybridized carbons (Fsp3) is 0.273. The number of fused-ring (bicyclic) bond motifs is 1. The number of H-pyrrole nitrogens is 1. The van der Waals surface area contributed by atoms with E-state index in [-0.39, 0.29) is 30.9 Å². The van der Waals surface area contributed by atoms with Crippen LogP contribution >= 0.6 is 0 Å². The molecule has 1 amide bonds. The minimum Gasteiger partial charge on any atom is -0.497 e. The van der Waals surface area contributed by atoms with Gasteiger partial charge in [0, 0.05) is 20.0 Å². The molecule has 0 radical (unpaired) electrons. The highest BCUT2D eigenvalue weighted by Crippen LogP contribution is 2.14. The number of benzene rings is 2. The molecule has 0 aliphatic carbocycles. The molecule has 3 aromatic rings. The third-order valence-electron chi connectivity index (χ3n) is 4.56. The fourth-order valence-corrected chi connectivity index (χ4v) is 2.93. The van der Waals surface area contributed by atoms with Gasteiger partial charge in [-0.15, -0.1) is 0 Å². The van der Waals surface area contributed by atoms with E-state index >= 15 is 0 Å². The highest BCUT2D eigenvalue weighted by Gasteiger charge is 2.14. The first-order valence-electron chi connectivity index (χ1n) is 9.46. The SMILES string of the molecule is COc1cccc(CN(C)C(=O)COC(=O)CCc2nc3ccccc3c(=O)[nH]2)c1. The first-order valence-corrected chi connectivity index (χ1v) is 9.46. The van der Waals surface area contributed by atoms with Gasteiger partial charge in [0.1, 0.15) is 11.6 Å². The highest BCUT2D eigenvalue weighted by atomic mass is 16.5. The van der Waals surface area contributed by atoms with Gasteiger partial charge in [-0.3, -0.25) is 14.4 Å². The molecule has 0 aliphatic heterocycles. The third-order valence-corrected chi connectivity index (χ3v) is 4.56. The maximum absolute atomic E-state index is 12.2. The van der Waals surface area contributed by atoms with Crippen molar-refractivity contribution >= 4 is 22.8 Å². The molecule has 0 saturated heterocycles. The van der Waals surface area contributed by atoms with Crippen LogP contribution in [-0.4, -0.2) is 47.5 Å². The number of likely N-dealkylation sites (N-methyl/N-ethyl adjacent to an activating group) is 1. The number of methoxy groups -OCH3 is 1. The van der Waals surface area contributed by atoms with Gasteiger partial charge in [0.05, 0.1) is 24.4 Å². The van der Waals surface area contributed by atoms with E-state index in [0.717, 1.165) is 5.56 Å². The van der Waals surface area contributed by atoms with Crippen molar-refractivity contribution in [2.45, 2.75) is 19.4 Å². The number of hydrogen-bond donors (Lipinski definition) is 1.